The second-order valence-electron chi connectivity index (χ2n) is 7.66. The summed E-state index contributed by atoms with van der Waals surface area (Å²) in [5, 5.41) is 4.08. The molecule has 0 radical (unpaired) electrons. The van der Waals surface area contributed by atoms with Gasteiger partial charge in [0.2, 0.25) is 0 Å². The molecule has 1 aliphatic heterocycles. The summed E-state index contributed by atoms with van der Waals surface area (Å²) in [5.41, 5.74) is 3.08. The standard InChI is InChI=1S/C22H23I2N5O/c1-14(2)15-3-5-17(6-4-15)27-22(30)29-9-7-28(8-10-29)21-18-11-16(23)12-19(24)20(18)25-13-26-21/h3-6,11-14H,7-10H2,1-2H3,(H,27,30). The average Bonchev–Trinajstić information content (AvgIpc) is 2.74. The highest BCUT2D eigenvalue weighted by Crippen LogP contribution is 2.29. The maximum atomic E-state index is 12.7. The summed E-state index contributed by atoms with van der Waals surface area (Å²) in [7, 11) is 0. The van der Waals surface area contributed by atoms with Crippen molar-refractivity contribution in [2.24, 2.45) is 0 Å². The Morgan fingerprint density at radius 3 is 2.40 bits per heavy atom. The number of hydrogen-bond acceptors (Lipinski definition) is 4. The van der Waals surface area contributed by atoms with E-state index in [1.54, 1.807) is 6.33 Å². The monoisotopic (exact) mass is 627 g/mol. The molecule has 1 aromatic heterocycles. The molecule has 1 aliphatic rings. The summed E-state index contributed by atoms with van der Waals surface area (Å²) in [4.78, 5) is 25.8. The summed E-state index contributed by atoms with van der Waals surface area (Å²) in [6.45, 7) is 7.12. The van der Waals surface area contributed by atoms with Crippen LogP contribution in [0.1, 0.15) is 25.3 Å². The number of hydrogen-bond donors (Lipinski definition) is 1. The fourth-order valence-electron chi connectivity index (χ4n) is 3.61. The van der Waals surface area contributed by atoms with Gasteiger partial charge in [-0.2, -0.15) is 0 Å². The summed E-state index contributed by atoms with van der Waals surface area (Å²) < 4.78 is 2.29. The first kappa shape index (κ1) is 21.5. The number of aromatic nitrogens is 2. The van der Waals surface area contributed by atoms with Crippen LogP contribution in [-0.2, 0) is 0 Å². The average molecular weight is 627 g/mol. The molecule has 0 atom stereocenters. The van der Waals surface area contributed by atoms with E-state index in [1.165, 1.54) is 9.13 Å². The lowest BCUT2D eigenvalue weighted by atomic mass is 10.0. The van der Waals surface area contributed by atoms with E-state index in [4.69, 9.17) is 0 Å². The first-order chi connectivity index (χ1) is 14.4. The molecule has 30 heavy (non-hydrogen) atoms. The summed E-state index contributed by atoms with van der Waals surface area (Å²) in [5.74, 6) is 1.42. The van der Waals surface area contributed by atoms with Crippen LogP contribution in [0.5, 0.6) is 0 Å². The van der Waals surface area contributed by atoms with Crippen LogP contribution in [0.2, 0.25) is 0 Å². The molecule has 6 nitrogen and oxygen atoms in total. The Morgan fingerprint density at radius 2 is 1.73 bits per heavy atom. The van der Waals surface area contributed by atoms with Crippen LogP contribution in [-0.4, -0.2) is 47.1 Å². The lowest BCUT2D eigenvalue weighted by Crippen LogP contribution is -2.50. The van der Waals surface area contributed by atoms with Crippen LogP contribution in [0.15, 0.2) is 42.7 Å². The second kappa shape index (κ2) is 9.21. The molecule has 0 aliphatic carbocycles. The van der Waals surface area contributed by atoms with Gasteiger partial charge >= 0.3 is 6.03 Å². The Labute approximate surface area is 203 Å². The molecule has 1 N–H and O–H groups in total. The lowest BCUT2D eigenvalue weighted by Gasteiger charge is -2.35. The number of benzene rings is 2. The number of halogens is 2. The molecule has 0 spiro atoms. The number of urea groups is 1. The lowest BCUT2D eigenvalue weighted by molar-refractivity contribution is 0.208. The Bertz CT molecular complexity index is 1060. The predicted octanol–water partition coefficient (Wildman–Crippen LogP) is 5.32. The minimum atomic E-state index is -0.0522. The Hall–Kier alpha value is -1.69. The van der Waals surface area contributed by atoms with Crippen molar-refractivity contribution in [1.29, 1.82) is 0 Å². The topological polar surface area (TPSA) is 61.4 Å². The Balaban J connectivity index is 1.43. The largest absolute Gasteiger partial charge is 0.352 e. The van der Waals surface area contributed by atoms with Crippen molar-refractivity contribution in [3.63, 3.8) is 0 Å². The molecule has 1 saturated heterocycles. The van der Waals surface area contributed by atoms with E-state index in [2.05, 4.69) is 103 Å². The van der Waals surface area contributed by atoms with Gasteiger partial charge in [0.25, 0.3) is 0 Å². The zero-order valence-corrected chi connectivity index (χ0v) is 21.2. The van der Waals surface area contributed by atoms with Gasteiger partial charge in [0, 0.05) is 44.4 Å². The van der Waals surface area contributed by atoms with Crippen LogP contribution in [0.4, 0.5) is 16.3 Å². The maximum absolute atomic E-state index is 12.7. The van der Waals surface area contributed by atoms with Crippen molar-refractivity contribution in [3.05, 3.63) is 55.4 Å². The van der Waals surface area contributed by atoms with Gasteiger partial charge in [-0.05, 0) is 80.9 Å². The van der Waals surface area contributed by atoms with Crippen LogP contribution < -0.4 is 10.2 Å². The summed E-state index contributed by atoms with van der Waals surface area (Å²) in [6.07, 6.45) is 1.63. The molecule has 1 fully saturated rings. The zero-order chi connectivity index (χ0) is 21.3. The molecule has 156 valence electrons. The third-order valence-corrected chi connectivity index (χ3v) is 6.78. The number of amides is 2. The first-order valence-electron chi connectivity index (χ1n) is 9.93. The minimum absolute atomic E-state index is 0.0522. The van der Waals surface area contributed by atoms with E-state index in [0.717, 1.165) is 39.1 Å². The van der Waals surface area contributed by atoms with E-state index in [1.807, 2.05) is 17.0 Å². The molecule has 8 heteroatoms. The van der Waals surface area contributed by atoms with Crippen LogP contribution in [0, 0.1) is 7.14 Å². The molecule has 2 heterocycles. The summed E-state index contributed by atoms with van der Waals surface area (Å²) >= 11 is 4.65. The van der Waals surface area contributed by atoms with Gasteiger partial charge in [0.05, 0.1) is 5.52 Å². The van der Waals surface area contributed by atoms with Gasteiger partial charge in [-0.25, -0.2) is 14.8 Å². The molecule has 0 unspecified atom stereocenters. The van der Waals surface area contributed by atoms with Gasteiger partial charge in [-0.1, -0.05) is 26.0 Å². The van der Waals surface area contributed by atoms with Gasteiger partial charge in [0.15, 0.2) is 0 Å². The number of rotatable bonds is 3. The highest BCUT2D eigenvalue weighted by molar-refractivity contribution is 14.1. The van der Waals surface area contributed by atoms with Crippen molar-refractivity contribution in [1.82, 2.24) is 14.9 Å². The number of nitrogens with one attached hydrogen (secondary N) is 1. The smallest absolute Gasteiger partial charge is 0.321 e. The zero-order valence-electron chi connectivity index (χ0n) is 16.9. The van der Waals surface area contributed by atoms with Crippen molar-refractivity contribution in [2.45, 2.75) is 19.8 Å². The normalized spacial score (nSPS) is 14.4. The van der Waals surface area contributed by atoms with E-state index < -0.39 is 0 Å². The van der Waals surface area contributed by atoms with E-state index in [-0.39, 0.29) is 6.03 Å². The fraction of sp³-hybridized carbons (Fsp3) is 0.318. The second-order valence-corrected chi connectivity index (χ2v) is 10.1. The molecule has 0 bridgehead atoms. The number of carbonyl (C=O) groups is 1. The van der Waals surface area contributed by atoms with E-state index in [0.29, 0.717) is 19.0 Å². The predicted molar refractivity (Wildman–Crippen MR) is 138 cm³/mol. The number of carbonyl (C=O) groups excluding carboxylic acids is 1. The maximum Gasteiger partial charge on any atom is 0.321 e. The minimum Gasteiger partial charge on any atom is -0.352 e. The summed E-state index contributed by atoms with van der Waals surface area (Å²) in [6, 6.07) is 12.3. The Morgan fingerprint density at radius 1 is 1.03 bits per heavy atom. The number of piperazine rings is 1. The van der Waals surface area contributed by atoms with E-state index >= 15 is 0 Å². The van der Waals surface area contributed by atoms with Gasteiger partial charge in [-0.15, -0.1) is 0 Å². The third kappa shape index (κ3) is 4.63. The fourth-order valence-corrected chi connectivity index (χ4v) is 5.59. The van der Waals surface area contributed by atoms with Gasteiger partial charge in [-0.3, -0.25) is 0 Å². The third-order valence-electron chi connectivity index (χ3n) is 5.33. The highest BCUT2D eigenvalue weighted by atomic mass is 127. The molecule has 0 saturated carbocycles. The number of nitrogens with zero attached hydrogens (tertiary/aromatic N) is 4. The van der Waals surface area contributed by atoms with Crippen molar-refractivity contribution in [2.75, 3.05) is 36.4 Å². The molecule has 2 aromatic carbocycles. The van der Waals surface area contributed by atoms with Crippen molar-refractivity contribution in [3.8, 4) is 0 Å². The number of fused-ring (bicyclic) bond motifs is 1. The van der Waals surface area contributed by atoms with Crippen LogP contribution in [0.25, 0.3) is 10.9 Å². The highest BCUT2D eigenvalue weighted by Gasteiger charge is 2.23. The van der Waals surface area contributed by atoms with Crippen LogP contribution in [0.3, 0.4) is 0 Å². The SMILES string of the molecule is CC(C)c1ccc(NC(=O)N2CCN(c3ncnc4c(I)cc(I)cc34)CC2)cc1. The van der Waals surface area contributed by atoms with Crippen molar-refractivity contribution >= 4 is 73.6 Å². The van der Waals surface area contributed by atoms with Crippen molar-refractivity contribution < 1.29 is 4.79 Å². The molecule has 3 aromatic rings. The molecular formula is C22H23I2N5O. The molecular weight excluding hydrogens is 604 g/mol. The van der Waals surface area contributed by atoms with E-state index in [9.17, 15) is 4.79 Å². The quantitative estimate of drug-likeness (QED) is 0.400. The Kier molecular flexibility index (Phi) is 6.61. The first-order valence-corrected chi connectivity index (χ1v) is 12.1. The molecule has 4 rings (SSSR count). The van der Waals surface area contributed by atoms with Gasteiger partial charge in [0.1, 0.15) is 12.1 Å². The molecule has 2 amide bonds. The number of anilines is 2. The van der Waals surface area contributed by atoms with Gasteiger partial charge < -0.3 is 15.1 Å². The van der Waals surface area contributed by atoms with Crippen LogP contribution >= 0.6 is 45.2 Å².